The monoisotopic (exact) mass is 988 g/mol. The molecule has 72 heavy (non-hydrogen) atoms. The lowest BCUT2D eigenvalue weighted by Crippen LogP contribution is -2.58. The van der Waals surface area contributed by atoms with Crippen LogP contribution in [0.3, 0.4) is 0 Å². The molecule has 5 atom stereocenters. The van der Waals surface area contributed by atoms with Crippen LogP contribution in [-0.2, 0) is 40.7 Å². The van der Waals surface area contributed by atoms with Crippen LogP contribution in [0.5, 0.6) is 23.0 Å². The van der Waals surface area contributed by atoms with Crippen LogP contribution in [-0.4, -0.2) is 112 Å². The van der Waals surface area contributed by atoms with Gasteiger partial charge in [0.1, 0.15) is 47.2 Å². The number of fused-ring (bicyclic) bond motifs is 6. The van der Waals surface area contributed by atoms with Crippen molar-refractivity contribution in [1.29, 1.82) is 0 Å². The minimum atomic E-state index is -1.49. The SMILES string of the molecule is CC[C@H](N)C(=O)N[C@@H](CCCN=C(N)N)C(=O)N1CCC[C@H]1C(=O)N[C@@H](Cc1ccccc1)C(=O)N[C@@H](CCCCNC(=O)c1ccc2c(c1)C(=O)OC21c2ccc(O)cc2Oc2cc(O)ccc21)C(N)=O. The van der Waals surface area contributed by atoms with E-state index in [1.807, 2.05) is 0 Å². The maximum Gasteiger partial charge on any atom is 0.340 e. The minimum Gasteiger partial charge on any atom is -0.508 e. The molecule has 1 spiro atoms. The second kappa shape index (κ2) is 22.7. The molecular weight excluding hydrogens is 929 g/mol. The molecule has 0 radical (unpaired) electrons. The van der Waals surface area contributed by atoms with Crippen LogP contribution in [0.15, 0.2) is 89.9 Å². The van der Waals surface area contributed by atoms with Gasteiger partial charge < -0.3 is 68.8 Å². The van der Waals surface area contributed by atoms with Crippen molar-refractivity contribution >= 4 is 47.4 Å². The molecule has 380 valence electrons. The highest BCUT2D eigenvalue weighted by atomic mass is 16.6. The molecule has 0 aliphatic carbocycles. The average molecular weight is 989 g/mol. The van der Waals surface area contributed by atoms with Gasteiger partial charge in [0.2, 0.25) is 29.5 Å². The zero-order chi connectivity index (χ0) is 51.7. The highest BCUT2D eigenvalue weighted by molar-refractivity contribution is 6.02. The number of ether oxygens (including phenoxy) is 2. The van der Waals surface area contributed by atoms with E-state index < -0.39 is 77.2 Å². The Morgan fingerprint density at radius 2 is 1.44 bits per heavy atom. The van der Waals surface area contributed by atoms with E-state index in [0.717, 1.165) is 0 Å². The molecule has 3 aliphatic heterocycles. The zero-order valence-corrected chi connectivity index (χ0v) is 39.7. The number of rotatable bonds is 21. The van der Waals surface area contributed by atoms with Gasteiger partial charge in [0.25, 0.3) is 5.91 Å². The van der Waals surface area contributed by atoms with Crippen LogP contribution in [0, 0.1) is 0 Å². The molecule has 14 N–H and O–H groups in total. The molecule has 21 heteroatoms. The number of aliphatic imine (C=N–C) groups is 1. The Kier molecular flexibility index (Phi) is 16.3. The second-order valence-corrected chi connectivity index (χ2v) is 18.0. The Morgan fingerprint density at radius 3 is 2.10 bits per heavy atom. The third-order valence-corrected chi connectivity index (χ3v) is 13.0. The topological polar surface area (TPSA) is 346 Å². The van der Waals surface area contributed by atoms with E-state index in [1.54, 1.807) is 61.5 Å². The summed E-state index contributed by atoms with van der Waals surface area (Å²) in [4.78, 5) is 100. The van der Waals surface area contributed by atoms with E-state index in [1.165, 1.54) is 35.2 Å². The fraction of sp³-hybridized carbons (Fsp3) is 0.373. The van der Waals surface area contributed by atoms with E-state index >= 15 is 0 Å². The number of carbonyl (C=O) groups is 7. The fourth-order valence-electron chi connectivity index (χ4n) is 9.24. The molecule has 0 unspecified atom stereocenters. The number of phenols is 2. The summed E-state index contributed by atoms with van der Waals surface area (Å²) >= 11 is 0. The molecule has 1 saturated heterocycles. The molecule has 3 aliphatic rings. The number of guanidine groups is 1. The number of aromatic hydroxyl groups is 2. The summed E-state index contributed by atoms with van der Waals surface area (Å²) in [6.07, 6.45) is 2.46. The normalized spacial score (nSPS) is 16.6. The quantitative estimate of drug-likeness (QED) is 0.0245. The zero-order valence-electron chi connectivity index (χ0n) is 39.7. The number of amides is 6. The van der Waals surface area contributed by atoms with Crippen LogP contribution in [0.4, 0.5) is 0 Å². The molecule has 0 bridgehead atoms. The lowest BCUT2D eigenvalue weighted by molar-refractivity contribution is -0.142. The first-order valence-electron chi connectivity index (χ1n) is 23.9. The number of unbranched alkanes of at least 4 members (excludes halogenated alkanes) is 1. The lowest BCUT2D eigenvalue weighted by atomic mass is 9.77. The van der Waals surface area contributed by atoms with Crippen molar-refractivity contribution in [1.82, 2.24) is 26.2 Å². The number of nitrogens with two attached hydrogens (primary N) is 4. The van der Waals surface area contributed by atoms with E-state index in [9.17, 15) is 43.8 Å². The van der Waals surface area contributed by atoms with Crippen LogP contribution in [0.1, 0.15) is 101 Å². The Hall–Kier alpha value is -8.20. The van der Waals surface area contributed by atoms with Gasteiger partial charge in [-0.3, -0.25) is 33.8 Å². The van der Waals surface area contributed by atoms with E-state index in [4.69, 9.17) is 32.4 Å². The molecule has 6 amide bonds. The molecule has 4 aromatic carbocycles. The van der Waals surface area contributed by atoms with Gasteiger partial charge in [-0.2, -0.15) is 0 Å². The number of nitrogens with zero attached hydrogens (tertiary/aromatic N) is 2. The summed E-state index contributed by atoms with van der Waals surface area (Å²) < 4.78 is 12.1. The van der Waals surface area contributed by atoms with Gasteiger partial charge >= 0.3 is 5.97 Å². The van der Waals surface area contributed by atoms with Gasteiger partial charge in [0.05, 0.1) is 11.6 Å². The van der Waals surface area contributed by atoms with E-state index in [0.29, 0.717) is 60.8 Å². The number of hydrogen-bond acceptors (Lipinski definition) is 13. The fourth-order valence-corrected chi connectivity index (χ4v) is 9.24. The molecule has 0 saturated carbocycles. The molecule has 4 aromatic rings. The largest absolute Gasteiger partial charge is 0.508 e. The predicted octanol–water partition coefficient (Wildman–Crippen LogP) is 1.53. The summed E-state index contributed by atoms with van der Waals surface area (Å²) in [5.41, 5.74) is 23.5. The third kappa shape index (κ3) is 11.5. The standard InChI is InChI=1S/C51H60N10O11/c1-2-36(52)45(66)59-38(13-8-22-57-50(54)55)48(69)61-23-9-14-40(61)47(68)60-39(24-28-10-4-3-5-11-28)46(67)58-37(43(53)64)12-6-7-21-56-44(65)29-15-18-33-32(25-29)49(70)72-51(33)34-19-16-30(62)26-41(34)71-42-27-31(63)17-20-35(42)51/h3-5,10-11,15-20,25-27,36-40,62-63H,2,6-9,12-14,21-24,52H2,1H3,(H2,53,64)(H,56,65)(H,58,67)(H,59,66)(H,60,68)(H4,54,55,57)/t36-,37-,38-,39-,40-/m0/s1. The number of nitrogens with one attached hydrogen (secondary N) is 4. The highest BCUT2D eigenvalue weighted by Crippen LogP contribution is 2.57. The minimum absolute atomic E-state index is 0.0421. The second-order valence-electron chi connectivity index (χ2n) is 18.0. The number of esters is 1. The van der Waals surface area contributed by atoms with Crippen LogP contribution in [0.2, 0.25) is 0 Å². The molecule has 3 heterocycles. The van der Waals surface area contributed by atoms with Gasteiger partial charge in [-0.05, 0) is 93.3 Å². The average Bonchev–Trinajstić information content (AvgIpc) is 3.96. The van der Waals surface area contributed by atoms with Gasteiger partial charge in [-0.25, -0.2) is 4.79 Å². The number of hydrogen-bond donors (Lipinski definition) is 10. The maximum atomic E-state index is 14.1. The van der Waals surface area contributed by atoms with Crippen molar-refractivity contribution in [2.45, 2.75) is 101 Å². The van der Waals surface area contributed by atoms with Gasteiger partial charge in [0.15, 0.2) is 11.6 Å². The van der Waals surface area contributed by atoms with Crippen molar-refractivity contribution in [3.63, 3.8) is 0 Å². The third-order valence-electron chi connectivity index (χ3n) is 13.0. The first kappa shape index (κ1) is 51.6. The molecular formula is C51H60N10O11. The number of carbonyl (C=O) groups excluding carboxylic acids is 7. The Morgan fingerprint density at radius 1 is 0.792 bits per heavy atom. The van der Waals surface area contributed by atoms with Crippen LogP contribution in [0.25, 0.3) is 0 Å². The lowest BCUT2D eigenvalue weighted by Gasteiger charge is -2.36. The summed E-state index contributed by atoms with van der Waals surface area (Å²) in [5, 5.41) is 31.5. The molecule has 7 rings (SSSR count). The molecule has 0 aromatic heterocycles. The summed E-state index contributed by atoms with van der Waals surface area (Å²) in [7, 11) is 0. The van der Waals surface area contributed by atoms with E-state index in [-0.39, 0.29) is 79.0 Å². The highest BCUT2D eigenvalue weighted by Gasteiger charge is 2.54. The van der Waals surface area contributed by atoms with Crippen molar-refractivity contribution in [3.05, 3.63) is 118 Å². The first-order valence-corrected chi connectivity index (χ1v) is 23.9. The van der Waals surface area contributed by atoms with E-state index in [2.05, 4.69) is 26.3 Å². The van der Waals surface area contributed by atoms with Crippen molar-refractivity contribution in [2.75, 3.05) is 19.6 Å². The number of benzene rings is 4. The summed E-state index contributed by atoms with van der Waals surface area (Å²) in [6, 6.07) is 17.2. The van der Waals surface area contributed by atoms with Crippen molar-refractivity contribution in [2.24, 2.45) is 27.9 Å². The number of likely N-dealkylation sites (tertiary alicyclic amines) is 1. The summed E-state index contributed by atoms with van der Waals surface area (Å²) in [6.45, 7) is 2.32. The van der Waals surface area contributed by atoms with Gasteiger partial charge in [-0.1, -0.05) is 43.3 Å². The number of phenolic OH excluding ortho intramolecular Hbond substituents is 2. The predicted molar refractivity (Wildman–Crippen MR) is 262 cm³/mol. The van der Waals surface area contributed by atoms with Crippen molar-refractivity contribution < 1.29 is 53.2 Å². The van der Waals surface area contributed by atoms with Crippen LogP contribution < -0.4 is 48.9 Å². The van der Waals surface area contributed by atoms with Crippen molar-refractivity contribution in [3.8, 4) is 23.0 Å². The Labute approximate surface area is 415 Å². The first-order chi connectivity index (χ1) is 34.5. The van der Waals surface area contributed by atoms with Gasteiger partial charge in [-0.15, -0.1) is 0 Å². The molecule has 21 nitrogen and oxygen atoms in total. The summed E-state index contributed by atoms with van der Waals surface area (Å²) in [5.74, 6) is -4.14. The van der Waals surface area contributed by atoms with Crippen LogP contribution >= 0.6 is 0 Å². The Bertz CT molecular complexity index is 2700. The number of primary amides is 1. The van der Waals surface area contributed by atoms with Gasteiger partial charge in [0, 0.05) is 60.4 Å². The smallest absolute Gasteiger partial charge is 0.340 e. The maximum absolute atomic E-state index is 14.1. The molecule has 1 fully saturated rings. The Balaban J connectivity index is 0.970.